The third kappa shape index (κ3) is 5.30. The van der Waals surface area contributed by atoms with Crippen LogP contribution >= 0.6 is 15.9 Å². The summed E-state index contributed by atoms with van der Waals surface area (Å²) in [5, 5.41) is 21.9. The molecule has 0 aliphatic rings. The molecular formula is C12H13BrN2O6. The maximum Gasteiger partial charge on any atom is 0.326 e. The molecule has 1 atom stereocenters. The molecule has 0 aliphatic carbocycles. The lowest BCUT2D eigenvalue weighted by atomic mass is 10.2. The molecule has 0 aliphatic heterocycles. The van der Waals surface area contributed by atoms with Crippen molar-refractivity contribution in [1.82, 2.24) is 5.32 Å². The fourth-order valence-electron chi connectivity index (χ4n) is 1.44. The molecule has 0 radical (unpaired) electrons. The van der Waals surface area contributed by atoms with E-state index in [0.29, 0.717) is 15.9 Å². The molecule has 8 nitrogen and oxygen atoms in total. The molecule has 0 bridgehead atoms. The number of hydrogen-bond acceptors (Lipinski definition) is 4. The molecule has 1 aromatic carbocycles. The van der Waals surface area contributed by atoms with Crippen LogP contribution in [0.2, 0.25) is 0 Å². The molecule has 0 fully saturated rings. The fraction of sp³-hybridized carbons (Fsp3) is 0.250. The van der Waals surface area contributed by atoms with E-state index in [-0.39, 0.29) is 0 Å². The highest BCUT2D eigenvalue weighted by atomic mass is 79.9. The van der Waals surface area contributed by atoms with Gasteiger partial charge in [0.1, 0.15) is 11.8 Å². The van der Waals surface area contributed by atoms with Crippen molar-refractivity contribution >= 4 is 39.6 Å². The number of carbonyl (C=O) groups excluding carboxylic acids is 1. The summed E-state index contributed by atoms with van der Waals surface area (Å²) in [6.45, 7) is 0. The molecule has 0 heterocycles. The second-order valence-electron chi connectivity index (χ2n) is 3.94. The summed E-state index contributed by atoms with van der Waals surface area (Å²) in [5.41, 5.74) is 0.368. The van der Waals surface area contributed by atoms with Gasteiger partial charge in [0.2, 0.25) is 0 Å². The number of ether oxygens (including phenoxy) is 1. The van der Waals surface area contributed by atoms with Gasteiger partial charge in [0.25, 0.3) is 0 Å². The Balaban J connectivity index is 2.72. The molecule has 2 amide bonds. The molecule has 0 aromatic heterocycles. The Hall–Kier alpha value is -2.29. The van der Waals surface area contributed by atoms with Gasteiger partial charge < -0.3 is 25.6 Å². The number of hydrogen-bond donors (Lipinski definition) is 4. The summed E-state index contributed by atoms with van der Waals surface area (Å²) in [5.74, 6) is -2.28. The molecular weight excluding hydrogens is 348 g/mol. The first-order valence-corrected chi connectivity index (χ1v) is 6.48. The van der Waals surface area contributed by atoms with Crippen LogP contribution in [0.1, 0.15) is 6.42 Å². The number of rotatable bonds is 6. The van der Waals surface area contributed by atoms with E-state index in [4.69, 9.17) is 14.9 Å². The summed E-state index contributed by atoms with van der Waals surface area (Å²) in [7, 11) is 1.46. The van der Waals surface area contributed by atoms with Crippen LogP contribution in [-0.4, -0.2) is 41.3 Å². The highest BCUT2D eigenvalue weighted by molar-refractivity contribution is 9.10. The van der Waals surface area contributed by atoms with Gasteiger partial charge in [-0.05, 0) is 28.1 Å². The summed E-state index contributed by atoms with van der Waals surface area (Å²) < 4.78 is 5.73. The number of anilines is 1. The first-order chi connectivity index (χ1) is 9.83. The van der Waals surface area contributed by atoms with Gasteiger partial charge in [-0.2, -0.15) is 0 Å². The first-order valence-electron chi connectivity index (χ1n) is 5.69. The Kier molecular flexibility index (Phi) is 5.97. The largest absolute Gasteiger partial charge is 0.495 e. The number of aliphatic carboxylic acids is 2. The van der Waals surface area contributed by atoms with Crippen LogP contribution in [0.25, 0.3) is 0 Å². The number of halogens is 1. The second kappa shape index (κ2) is 7.48. The highest BCUT2D eigenvalue weighted by Crippen LogP contribution is 2.27. The zero-order valence-electron chi connectivity index (χ0n) is 10.9. The van der Waals surface area contributed by atoms with Crippen molar-refractivity contribution in [1.29, 1.82) is 0 Å². The van der Waals surface area contributed by atoms with Crippen LogP contribution in [0.5, 0.6) is 5.75 Å². The van der Waals surface area contributed by atoms with Gasteiger partial charge in [-0.25, -0.2) is 9.59 Å². The number of methoxy groups -OCH3 is 1. The number of carbonyl (C=O) groups is 3. The van der Waals surface area contributed by atoms with E-state index in [1.807, 2.05) is 0 Å². The lowest BCUT2D eigenvalue weighted by Crippen LogP contribution is -2.44. The number of nitrogens with one attached hydrogen (secondary N) is 2. The van der Waals surface area contributed by atoms with E-state index in [0.717, 1.165) is 0 Å². The number of carboxylic acid groups (broad SMARTS) is 2. The van der Waals surface area contributed by atoms with Crippen LogP contribution in [0.3, 0.4) is 0 Å². The zero-order valence-corrected chi connectivity index (χ0v) is 12.5. The molecule has 1 aromatic rings. The van der Waals surface area contributed by atoms with Crippen LogP contribution in [-0.2, 0) is 9.59 Å². The Morgan fingerprint density at radius 2 is 2.00 bits per heavy atom. The van der Waals surface area contributed by atoms with Crippen molar-refractivity contribution in [2.75, 3.05) is 12.4 Å². The van der Waals surface area contributed by atoms with Gasteiger partial charge in [-0.3, -0.25) is 4.79 Å². The number of urea groups is 1. The molecule has 21 heavy (non-hydrogen) atoms. The molecule has 4 N–H and O–H groups in total. The normalized spacial score (nSPS) is 11.3. The molecule has 0 saturated carbocycles. The first kappa shape index (κ1) is 16.8. The lowest BCUT2D eigenvalue weighted by Gasteiger charge is -2.14. The molecule has 114 valence electrons. The van der Waals surface area contributed by atoms with E-state index < -0.39 is 30.4 Å². The summed E-state index contributed by atoms with van der Waals surface area (Å²) in [6.07, 6.45) is -0.716. The van der Waals surface area contributed by atoms with Crippen molar-refractivity contribution in [3.63, 3.8) is 0 Å². The Bertz CT molecular complexity index is 563. The SMILES string of the molecule is COc1cc(NC(=O)N[C@H](CC(=O)O)C(=O)O)ccc1Br. The minimum atomic E-state index is -1.51. The highest BCUT2D eigenvalue weighted by Gasteiger charge is 2.23. The third-order valence-electron chi connectivity index (χ3n) is 2.39. The summed E-state index contributed by atoms with van der Waals surface area (Å²) >= 11 is 3.25. The Morgan fingerprint density at radius 3 is 2.52 bits per heavy atom. The van der Waals surface area contributed by atoms with E-state index in [1.165, 1.54) is 13.2 Å². The van der Waals surface area contributed by atoms with Crippen LogP contribution in [0.4, 0.5) is 10.5 Å². The van der Waals surface area contributed by atoms with E-state index in [1.54, 1.807) is 12.1 Å². The molecule has 0 unspecified atom stereocenters. The Labute approximate surface area is 128 Å². The predicted molar refractivity (Wildman–Crippen MR) is 76.5 cm³/mol. The third-order valence-corrected chi connectivity index (χ3v) is 3.05. The maximum absolute atomic E-state index is 11.7. The topological polar surface area (TPSA) is 125 Å². The predicted octanol–water partition coefficient (Wildman–Crippen LogP) is 1.51. The van der Waals surface area contributed by atoms with Gasteiger partial charge in [-0.15, -0.1) is 0 Å². The number of carboxylic acids is 2. The van der Waals surface area contributed by atoms with Crippen LogP contribution in [0, 0.1) is 0 Å². The van der Waals surface area contributed by atoms with Crippen LogP contribution in [0.15, 0.2) is 22.7 Å². The van der Waals surface area contributed by atoms with Crippen molar-refractivity contribution in [2.24, 2.45) is 0 Å². The number of amides is 2. The average Bonchev–Trinajstić information content (AvgIpc) is 2.39. The van der Waals surface area contributed by atoms with E-state index in [2.05, 4.69) is 26.6 Å². The summed E-state index contributed by atoms with van der Waals surface area (Å²) in [4.78, 5) is 33.0. The monoisotopic (exact) mass is 360 g/mol. The van der Waals surface area contributed by atoms with Crippen molar-refractivity contribution in [3.05, 3.63) is 22.7 Å². The minimum absolute atomic E-state index is 0.368. The number of benzene rings is 1. The molecule has 9 heteroatoms. The molecule has 0 saturated heterocycles. The average molecular weight is 361 g/mol. The van der Waals surface area contributed by atoms with Gasteiger partial charge >= 0.3 is 18.0 Å². The van der Waals surface area contributed by atoms with Gasteiger partial charge in [0.05, 0.1) is 18.0 Å². The fourth-order valence-corrected chi connectivity index (χ4v) is 1.85. The maximum atomic E-state index is 11.7. The lowest BCUT2D eigenvalue weighted by molar-refractivity contribution is -0.145. The molecule has 0 spiro atoms. The Morgan fingerprint density at radius 1 is 1.33 bits per heavy atom. The smallest absolute Gasteiger partial charge is 0.326 e. The van der Waals surface area contributed by atoms with E-state index in [9.17, 15) is 14.4 Å². The standard InChI is InChI=1S/C12H13BrN2O6/c1-21-9-4-6(2-3-7(9)13)14-12(20)15-8(11(18)19)5-10(16)17/h2-4,8H,5H2,1H3,(H,16,17)(H,18,19)(H2,14,15,20)/t8-/m1/s1. The van der Waals surface area contributed by atoms with Gasteiger partial charge in [0, 0.05) is 11.8 Å². The van der Waals surface area contributed by atoms with Crippen molar-refractivity contribution < 1.29 is 29.3 Å². The second-order valence-corrected chi connectivity index (χ2v) is 4.79. The van der Waals surface area contributed by atoms with Gasteiger partial charge in [0.15, 0.2) is 0 Å². The van der Waals surface area contributed by atoms with Crippen molar-refractivity contribution in [3.8, 4) is 5.75 Å². The van der Waals surface area contributed by atoms with Crippen LogP contribution < -0.4 is 15.4 Å². The summed E-state index contributed by atoms with van der Waals surface area (Å²) in [6, 6.07) is 2.39. The quantitative estimate of drug-likeness (QED) is 0.609. The van der Waals surface area contributed by atoms with Crippen molar-refractivity contribution in [2.45, 2.75) is 12.5 Å². The zero-order chi connectivity index (χ0) is 16.0. The van der Waals surface area contributed by atoms with E-state index >= 15 is 0 Å². The van der Waals surface area contributed by atoms with Gasteiger partial charge in [-0.1, -0.05) is 0 Å². The minimum Gasteiger partial charge on any atom is -0.495 e. The molecule has 1 rings (SSSR count).